The fraction of sp³-hybridized carbons (Fsp3) is 0.263. The molecule has 0 heterocycles. The molecule has 2 aromatic rings. The first kappa shape index (κ1) is 15.2. The van der Waals surface area contributed by atoms with E-state index in [2.05, 4.69) is 67.0 Å². The third-order valence-electron chi connectivity index (χ3n) is 3.48. The van der Waals surface area contributed by atoms with E-state index in [1.165, 1.54) is 16.8 Å². The zero-order valence-electron chi connectivity index (χ0n) is 12.6. The Morgan fingerprint density at radius 3 is 2.38 bits per heavy atom. The van der Waals surface area contributed by atoms with E-state index < -0.39 is 0 Å². The van der Waals surface area contributed by atoms with E-state index >= 15 is 0 Å². The van der Waals surface area contributed by atoms with Gasteiger partial charge in [0.2, 0.25) is 0 Å². The van der Waals surface area contributed by atoms with E-state index in [9.17, 15) is 0 Å². The molecule has 2 heteroatoms. The molecule has 0 aromatic heterocycles. The highest BCUT2D eigenvalue weighted by Gasteiger charge is 2.07. The number of aliphatic hydroxyl groups excluding tert-OH is 1. The average Bonchev–Trinajstić information content (AvgIpc) is 2.52. The molecule has 0 amide bonds. The van der Waals surface area contributed by atoms with Crippen molar-refractivity contribution in [3.63, 3.8) is 0 Å². The SMILES string of the molecule is CCN(Cc1ccc(C#CCO)cc1)c1ccccc1C. The number of nitrogens with zero attached hydrogens (tertiary/aromatic N) is 1. The van der Waals surface area contributed by atoms with Crippen molar-refractivity contribution in [1.82, 2.24) is 0 Å². The van der Waals surface area contributed by atoms with Crippen LogP contribution in [-0.2, 0) is 6.54 Å². The van der Waals surface area contributed by atoms with Crippen LogP contribution in [0.5, 0.6) is 0 Å². The molecule has 0 saturated heterocycles. The summed E-state index contributed by atoms with van der Waals surface area (Å²) in [6.45, 7) is 6.07. The van der Waals surface area contributed by atoms with Crippen molar-refractivity contribution in [2.75, 3.05) is 18.1 Å². The highest BCUT2D eigenvalue weighted by Crippen LogP contribution is 2.21. The standard InChI is InChI=1S/C19H21NO/c1-3-20(19-9-5-4-7-16(19)2)15-18-12-10-17(11-13-18)8-6-14-21/h4-5,7,9-13,21H,3,14-15H2,1-2H3. The Hall–Kier alpha value is -2.24. The summed E-state index contributed by atoms with van der Waals surface area (Å²) in [5.41, 5.74) is 4.77. The van der Waals surface area contributed by atoms with Gasteiger partial charge < -0.3 is 10.0 Å². The van der Waals surface area contributed by atoms with Crippen molar-refractivity contribution in [1.29, 1.82) is 0 Å². The number of aliphatic hydroxyl groups is 1. The fourth-order valence-corrected chi connectivity index (χ4v) is 2.34. The Morgan fingerprint density at radius 2 is 1.76 bits per heavy atom. The fourth-order valence-electron chi connectivity index (χ4n) is 2.34. The van der Waals surface area contributed by atoms with Crippen LogP contribution >= 0.6 is 0 Å². The molecule has 0 radical (unpaired) electrons. The van der Waals surface area contributed by atoms with Crippen molar-refractivity contribution in [3.8, 4) is 11.8 Å². The summed E-state index contributed by atoms with van der Waals surface area (Å²) in [5.74, 6) is 5.58. The quantitative estimate of drug-likeness (QED) is 0.867. The zero-order chi connectivity index (χ0) is 15.1. The minimum atomic E-state index is -0.0986. The molecular weight excluding hydrogens is 258 g/mol. The summed E-state index contributed by atoms with van der Waals surface area (Å²) in [5, 5.41) is 8.70. The second-order valence-corrected chi connectivity index (χ2v) is 4.96. The molecule has 1 N–H and O–H groups in total. The van der Waals surface area contributed by atoms with E-state index in [1.807, 2.05) is 12.1 Å². The molecule has 0 aliphatic heterocycles. The first-order chi connectivity index (χ1) is 10.2. The van der Waals surface area contributed by atoms with Crippen LogP contribution in [0.25, 0.3) is 0 Å². The van der Waals surface area contributed by atoms with Gasteiger partial charge in [-0.3, -0.25) is 0 Å². The van der Waals surface area contributed by atoms with Gasteiger partial charge >= 0.3 is 0 Å². The molecule has 0 fully saturated rings. The molecule has 0 saturated carbocycles. The van der Waals surface area contributed by atoms with Crippen LogP contribution < -0.4 is 4.90 Å². The predicted octanol–water partition coefficient (Wildman–Crippen LogP) is 3.37. The Labute approximate surface area is 127 Å². The van der Waals surface area contributed by atoms with Gasteiger partial charge in [-0.25, -0.2) is 0 Å². The van der Waals surface area contributed by atoms with Crippen LogP contribution in [0, 0.1) is 18.8 Å². The highest BCUT2D eigenvalue weighted by atomic mass is 16.2. The van der Waals surface area contributed by atoms with Gasteiger partial charge in [0.25, 0.3) is 0 Å². The maximum Gasteiger partial charge on any atom is 0.104 e. The molecular formula is C19H21NO. The topological polar surface area (TPSA) is 23.5 Å². The maximum absolute atomic E-state index is 8.70. The molecule has 2 aromatic carbocycles. The van der Waals surface area contributed by atoms with Crippen molar-refractivity contribution < 1.29 is 5.11 Å². The molecule has 0 atom stereocenters. The maximum atomic E-state index is 8.70. The molecule has 0 aliphatic carbocycles. The smallest absolute Gasteiger partial charge is 0.104 e. The predicted molar refractivity (Wildman–Crippen MR) is 88.3 cm³/mol. The van der Waals surface area contributed by atoms with Crippen LogP contribution in [0.1, 0.15) is 23.6 Å². The Morgan fingerprint density at radius 1 is 1.05 bits per heavy atom. The lowest BCUT2D eigenvalue weighted by atomic mass is 10.1. The molecule has 2 rings (SSSR count). The highest BCUT2D eigenvalue weighted by molar-refractivity contribution is 5.53. The summed E-state index contributed by atoms with van der Waals surface area (Å²) < 4.78 is 0. The van der Waals surface area contributed by atoms with E-state index in [4.69, 9.17) is 5.11 Å². The lowest BCUT2D eigenvalue weighted by Gasteiger charge is -2.25. The van der Waals surface area contributed by atoms with E-state index in [0.717, 1.165) is 18.7 Å². The second kappa shape index (κ2) is 7.52. The van der Waals surface area contributed by atoms with Crippen LogP contribution in [0.3, 0.4) is 0 Å². The zero-order valence-corrected chi connectivity index (χ0v) is 12.6. The van der Waals surface area contributed by atoms with Crippen molar-refractivity contribution in [3.05, 3.63) is 65.2 Å². The number of rotatable bonds is 4. The van der Waals surface area contributed by atoms with Gasteiger partial charge in [-0.2, -0.15) is 0 Å². The van der Waals surface area contributed by atoms with Crippen molar-refractivity contribution in [2.45, 2.75) is 20.4 Å². The summed E-state index contributed by atoms with van der Waals surface area (Å²) in [6.07, 6.45) is 0. The molecule has 2 nitrogen and oxygen atoms in total. The van der Waals surface area contributed by atoms with Gasteiger partial charge in [-0.1, -0.05) is 42.2 Å². The molecule has 0 spiro atoms. The Balaban J connectivity index is 2.14. The number of hydrogen-bond donors (Lipinski definition) is 1. The molecule has 108 valence electrons. The number of benzene rings is 2. The molecule has 21 heavy (non-hydrogen) atoms. The number of hydrogen-bond acceptors (Lipinski definition) is 2. The summed E-state index contributed by atoms with van der Waals surface area (Å²) >= 11 is 0. The number of anilines is 1. The number of aryl methyl sites for hydroxylation is 1. The summed E-state index contributed by atoms with van der Waals surface area (Å²) in [7, 11) is 0. The lowest BCUT2D eigenvalue weighted by molar-refractivity contribution is 0.350. The van der Waals surface area contributed by atoms with Crippen LogP contribution in [0.15, 0.2) is 48.5 Å². The van der Waals surface area contributed by atoms with Crippen molar-refractivity contribution in [2.24, 2.45) is 0 Å². The van der Waals surface area contributed by atoms with Crippen LogP contribution in [0.4, 0.5) is 5.69 Å². The van der Waals surface area contributed by atoms with Crippen molar-refractivity contribution >= 4 is 5.69 Å². The Kier molecular flexibility index (Phi) is 5.43. The minimum absolute atomic E-state index is 0.0986. The third kappa shape index (κ3) is 4.11. The van der Waals surface area contributed by atoms with Gasteiger partial charge in [0.1, 0.15) is 6.61 Å². The number of para-hydroxylation sites is 1. The van der Waals surface area contributed by atoms with Gasteiger partial charge in [0, 0.05) is 24.3 Å². The van der Waals surface area contributed by atoms with Gasteiger partial charge in [-0.05, 0) is 43.2 Å². The van der Waals surface area contributed by atoms with Crippen LogP contribution in [0.2, 0.25) is 0 Å². The molecule has 0 bridgehead atoms. The summed E-state index contributed by atoms with van der Waals surface area (Å²) in [6, 6.07) is 16.7. The summed E-state index contributed by atoms with van der Waals surface area (Å²) in [4.78, 5) is 2.36. The van der Waals surface area contributed by atoms with Crippen LogP contribution in [-0.4, -0.2) is 18.3 Å². The molecule has 0 aliphatic rings. The third-order valence-corrected chi connectivity index (χ3v) is 3.48. The lowest BCUT2D eigenvalue weighted by Crippen LogP contribution is -2.22. The Bertz CT molecular complexity index is 635. The van der Waals surface area contributed by atoms with E-state index in [-0.39, 0.29) is 6.61 Å². The monoisotopic (exact) mass is 279 g/mol. The second-order valence-electron chi connectivity index (χ2n) is 4.96. The van der Waals surface area contributed by atoms with E-state index in [0.29, 0.717) is 0 Å². The van der Waals surface area contributed by atoms with Gasteiger partial charge in [0.15, 0.2) is 0 Å². The first-order valence-corrected chi connectivity index (χ1v) is 7.24. The van der Waals surface area contributed by atoms with Gasteiger partial charge in [-0.15, -0.1) is 0 Å². The normalized spacial score (nSPS) is 9.86. The van der Waals surface area contributed by atoms with Gasteiger partial charge in [0.05, 0.1) is 0 Å². The largest absolute Gasteiger partial charge is 0.384 e. The average molecular weight is 279 g/mol. The van der Waals surface area contributed by atoms with E-state index in [1.54, 1.807) is 0 Å². The first-order valence-electron chi connectivity index (χ1n) is 7.24. The molecule has 0 unspecified atom stereocenters. The minimum Gasteiger partial charge on any atom is -0.384 e.